The standard InChI is InChI=1S/C19H21NO2/c21-19(22)17-10-11-18(12-17)20-13-14-6-8-16(9-7-14)15-4-2-1-3-5-15/h1-9,17-18,20H,10-13H2,(H,21,22). The first kappa shape index (κ1) is 14.8. The lowest BCUT2D eigenvalue weighted by molar-refractivity contribution is -0.141. The van der Waals surface area contributed by atoms with Crippen molar-refractivity contribution in [3.8, 4) is 11.1 Å². The van der Waals surface area contributed by atoms with Gasteiger partial charge in [0.2, 0.25) is 0 Å². The van der Waals surface area contributed by atoms with Gasteiger partial charge in [0.25, 0.3) is 0 Å². The lowest BCUT2D eigenvalue weighted by atomic mass is 10.0. The smallest absolute Gasteiger partial charge is 0.306 e. The molecule has 3 rings (SSSR count). The highest BCUT2D eigenvalue weighted by molar-refractivity contribution is 5.70. The van der Waals surface area contributed by atoms with Gasteiger partial charge in [0.05, 0.1) is 5.92 Å². The van der Waals surface area contributed by atoms with E-state index in [1.54, 1.807) is 0 Å². The molecule has 0 aliphatic heterocycles. The summed E-state index contributed by atoms with van der Waals surface area (Å²) in [5, 5.41) is 12.5. The Kier molecular flexibility index (Phi) is 4.54. The van der Waals surface area contributed by atoms with Crippen LogP contribution in [0.5, 0.6) is 0 Å². The Morgan fingerprint density at radius 1 is 1.00 bits per heavy atom. The summed E-state index contributed by atoms with van der Waals surface area (Å²) in [7, 11) is 0. The van der Waals surface area contributed by atoms with Gasteiger partial charge >= 0.3 is 5.97 Å². The molecule has 22 heavy (non-hydrogen) atoms. The third kappa shape index (κ3) is 3.55. The fraction of sp³-hybridized carbons (Fsp3) is 0.316. The normalized spacial score (nSPS) is 20.9. The van der Waals surface area contributed by atoms with Crippen molar-refractivity contribution in [2.24, 2.45) is 5.92 Å². The number of carboxylic acid groups (broad SMARTS) is 1. The second-order valence-corrected chi connectivity index (χ2v) is 5.99. The third-order valence-electron chi connectivity index (χ3n) is 4.44. The Labute approximate surface area is 131 Å². The minimum absolute atomic E-state index is 0.169. The molecule has 0 amide bonds. The summed E-state index contributed by atoms with van der Waals surface area (Å²) in [6.07, 6.45) is 2.50. The first-order valence-electron chi connectivity index (χ1n) is 7.83. The number of benzene rings is 2. The molecule has 2 aromatic carbocycles. The van der Waals surface area contributed by atoms with Crippen molar-refractivity contribution < 1.29 is 9.90 Å². The van der Waals surface area contributed by atoms with Crippen LogP contribution in [0.2, 0.25) is 0 Å². The Balaban J connectivity index is 1.55. The third-order valence-corrected chi connectivity index (χ3v) is 4.44. The maximum absolute atomic E-state index is 11.0. The molecule has 0 heterocycles. The van der Waals surface area contributed by atoms with E-state index in [0.717, 1.165) is 25.8 Å². The van der Waals surface area contributed by atoms with Gasteiger partial charge in [0.15, 0.2) is 0 Å². The van der Waals surface area contributed by atoms with E-state index in [1.165, 1.54) is 16.7 Å². The zero-order valence-corrected chi connectivity index (χ0v) is 12.5. The van der Waals surface area contributed by atoms with Crippen LogP contribution in [0.25, 0.3) is 11.1 Å². The van der Waals surface area contributed by atoms with Gasteiger partial charge in [-0.1, -0.05) is 54.6 Å². The summed E-state index contributed by atoms with van der Waals surface area (Å²) in [4.78, 5) is 11.0. The minimum Gasteiger partial charge on any atom is -0.481 e. The molecular weight excluding hydrogens is 274 g/mol. The fourth-order valence-electron chi connectivity index (χ4n) is 3.10. The predicted octanol–water partition coefficient (Wildman–Crippen LogP) is 3.70. The number of rotatable bonds is 5. The van der Waals surface area contributed by atoms with Crippen LogP contribution in [0, 0.1) is 5.92 Å². The van der Waals surface area contributed by atoms with E-state index in [1.807, 2.05) is 18.2 Å². The number of hydrogen-bond acceptors (Lipinski definition) is 2. The molecule has 0 saturated heterocycles. The number of nitrogens with one attached hydrogen (secondary N) is 1. The van der Waals surface area contributed by atoms with Crippen LogP contribution in [-0.2, 0) is 11.3 Å². The van der Waals surface area contributed by atoms with E-state index in [0.29, 0.717) is 6.04 Å². The zero-order chi connectivity index (χ0) is 15.4. The van der Waals surface area contributed by atoms with Gasteiger partial charge in [0.1, 0.15) is 0 Å². The van der Waals surface area contributed by atoms with Crippen molar-refractivity contribution in [2.45, 2.75) is 31.8 Å². The highest BCUT2D eigenvalue weighted by Crippen LogP contribution is 2.26. The molecule has 2 atom stereocenters. The Morgan fingerprint density at radius 2 is 1.68 bits per heavy atom. The summed E-state index contributed by atoms with van der Waals surface area (Å²) in [6, 6.07) is 19.2. The van der Waals surface area contributed by atoms with Crippen molar-refractivity contribution in [1.82, 2.24) is 5.32 Å². The Morgan fingerprint density at radius 3 is 2.32 bits per heavy atom. The monoisotopic (exact) mass is 295 g/mol. The van der Waals surface area contributed by atoms with Crippen molar-refractivity contribution in [3.63, 3.8) is 0 Å². The van der Waals surface area contributed by atoms with E-state index in [-0.39, 0.29) is 5.92 Å². The average Bonchev–Trinajstić information content (AvgIpc) is 3.04. The second-order valence-electron chi connectivity index (χ2n) is 5.99. The van der Waals surface area contributed by atoms with Crippen molar-refractivity contribution in [2.75, 3.05) is 0 Å². The van der Waals surface area contributed by atoms with Gasteiger partial charge in [-0.25, -0.2) is 0 Å². The SMILES string of the molecule is O=C(O)C1CCC(NCc2ccc(-c3ccccc3)cc2)C1. The van der Waals surface area contributed by atoms with Crippen LogP contribution < -0.4 is 5.32 Å². The minimum atomic E-state index is -0.656. The molecule has 0 bridgehead atoms. The number of hydrogen-bond donors (Lipinski definition) is 2. The molecule has 114 valence electrons. The number of carbonyl (C=O) groups is 1. The van der Waals surface area contributed by atoms with Crippen molar-refractivity contribution in [3.05, 3.63) is 60.2 Å². The molecule has 3 nitrogen and oxygen atoms in total. The highest BCUT2D eigenvalue weighted by atomic mass is 16.4. The zero-order valence-electron chi connectivity index (χ0n) is 12.5. The molecule has 1 fully saturated rings. The van der Waals surface area contributed by atoms with Crippen LogP contribution in [0.15, 0.2) is 54.6 Å². The molecular formula is C19H21NO2. The van der Waals surface area contributed by atoms with Gasteiger partial charge in [-0.05, 0) is 36.0 Å². The van der Waals surface area contributed by atoms with Crippen LogP contribution in [0.1, 0.15) is 24.8 Å². The van der Waals surface area contributed by atoms with Gasteiger partial charge in [0, 0.05) is 12.6 Å². The van der Waals surface area contributed by atoms with Crippen molar-refractivity contribution >= 4 is 5.97 Å². The van der Waals surface area contributed by atoms with Gasteiger partial charge in [-0.2, -0.15) is 0 Å². The van der Waals surface area contributed by atoms with Gasteiger partial charge < -0.3 is 10.4 Å². The van der Waals surface area contributed by atoms with E-state index in [9.17, 15) is 4.79 Å². The molecule has 1 aliphatic carbocycles. The molecule has 3 heteroatoms. The van der Waals surface area contributed by atoms with E-state index in [4.69, 9.17) is 5.11 Å². The molecule has 0 spiro atoms. The second kappa shape index (κ2) is 6.75. The van der Waals surface area contributed by atoms with Crippen LogP contribution in [0.4, 0.5) is 0 Å². The Bertz CT molecular complexity index is 622. The highest BCUT2D eigenvalue weighted by Gasteiger charge is 2.29. The number of aliphatic carboxylic acids is 1. The van der Waals surface area contributed by atoms with Gasteiger partial charge in [-0.15, -0.1) is 0 Å². The van der Waals surface area contributed by atoms with Crippen LogP contribution in [-0.4, -0.2) is 17.1 Å². The molecule has 0 aromatic heterocycles. The maximum Gasteiger partial charge on any atom is 0.306 e. The maximum atomic E-state index is 11.0. The first-order valence-corrected chi connectivity index (χ1v) is 7.83. The van der Waals surface area contributed by atoms with E-state index in [2.05, 4.69) is 41.7 Å². The average molecular weight is 295 g/mol. The van der Waals surface area contributed by atoms with E-state index < -0.39 is 5.97 Å². The topological polar surface area (TPSA) is 49.3 Å². The molecule has 2 N–H and O–H groups in total. The summed E-state index contributed by atoms with van der Waals surface area (Å²) in [5.41, 5.74) is 3.68. The summed E-state index contributed by atoms with van der Waals surface area (Å²) in [5.74, 6) is -0.825. The molecule has 2 aromatic rings. The first-order chi connectivity index (χ1) is 10.7. The lowest BCUT2D eigenvalue weighted by Crippen LogP contribution is -2.26. The predicted molar refractivity (Wildman–Crippen MR) is 87.5 cm³/mol. The number of carboxylic acids is 1. The molecule has 1 aliphatic rings. The summed E-state index contributed by atoms with van der Waals surface area (Å²) >= 11 is 0. The van der Waals surface area contributed by atoms with Crippen molar-refractivity contribution in [1.29, 1.82) is 0 Å². The quantitative estimate of drug-likeness (QED) is 0.884. The molecule has 1 saturated carbocycles. The van der Waals surface area contributed by atoms with Gasteiger partial charge in [-0.3, -0.25) is 4.79 Å². The van der Waals surface area contributed by atoms with Crippen LogP contribution >= 0.6 is 0 Å². The molecule has 2 unspecified atom stereocenters. The summed E-state index contributed by atoms with van der Waals surface area (Å²) in [6.45, 7) is 0.798. The van der Waals surface area contributed by atoms with E-state index >= 15 is 0 Å². The summed E-state index contributed by atoms with van der Waals surface area (Å²) < 4.78 is 0. The fourth-order valence-corrected chi connectivity index (χ4v) is 3.10. The Hall–Kier alpha value is -2.13. The largest absolute Gasteiger partial charge is 0.481 e. The lowest BCUT2D eigenvalue weighted by Gasteiger charge is -2.12. The molecule has 0 radical (unpaired) electrons. The van der Waals surface area contributed by atoms with Crippen LogP contribution in [0.3, 0.4) is 0 Å².